The van der Waals surface area contributed by atoms with Gasteiger partial charge in [0.05, 0.1) is 0 Å². The molecule has 1 saturated heterocycles. The largest absolute Gasteiger partial charge is 0.329 e. The molecule has 0 aliphatic carbocycles. The van der Waals surface area contributed by atoms with Gasteiger partial charge < -0.3 is 5.73 Å². The van der Waals surface area contributed by atoms with Gasteiger partial charge in [0.25, 0.3) is 0 Å². The van der Waals surface area contributed by atoms with Crippen LogP contribution in [0.2, 0.25) is 0 Å². The van der Waals surface area contributed by atoms with Crippen molar-refractivity contribution in [2.24, 2.45) is 5.73 Å². The van der Waals surface area contributed by atoms with Gasteiger partial charge in [-0.1, -0.05) is 6.92 Å². The third-order valence-corrected chi connectivity index (χ3v) is 3.61. The Morgan fingerprint density at radius 3 is 2.43 bits per heavy atom. The molecule has 1 fully saturated rings. The molecule has 0 radical (unpaired) electrons. The molecule has 0 saturated carbocycles. The van der Waals surface area contributed by atoms with E-state index in [1.807, 2.05) is 0 Å². The fraction of sp³-hybridized carbons (Fsp3) is 1.00. The number of hydrogen-bond donors (Lipinski definition) is 1. The Morgan fingerprint density at radius 1 is 1.36 bits per heavy atom. The van der Waals surface area contributed by atoms with Crippen LogP contribution in [0.15, 0.2) is 0 Å². The van der Waals surface area contributed by atoms with Crippen LogP contribution in [-0.2, 0) is 0 Å². The van der Waals surface area contributed by atoms with Gasteiger partial charge in [0.2, 0.25) is 0 Å². The van der Waals surface area contributed by atoms with E-state index < -0.39 is 0 Å². The van der Waals surface area contributed by atoms with Crippen molar-refractivity contribution in [2.75, 3.05) is 33.2 Å². The van der Waals surface area contributed by atoms with Crippen LogP contribution >= 0.6 is 0 Å². The summed E-state index contributed by atoms with van der Waals surface area (Å²) in [5.41, 5.74) is 6.07. The molecule has 84 valence electrons. The molecule has 0 aromatic carbocycles. The van der Waals surface area contributed by atoms with E-state index in [0.717, 1.165) is 32.6 Å². The van der Waals surface area contributed by atoms with E-state index in [2.05, 4.69) is 37.6 Å². The highest BCUT2D eigenvalue weighted by Crippen LogP contribution is 2.20. The summed E-state index contributed by atoms with van der Waals surface area (Å²) < 4.78 is 0. The predicted octanol–water partition coefficient (Wildman–Crippen LogP) is 0.750. The topological polar surface area (TPSA) is 32.5 Å². The number of nitrogens with zero attached hydrogens (tertiary/aromatic N) is 2. The summed E-state index contributed by atoms with van der Waals surface area (Å²) >= 11 is 0. The van der Waals surface area contributed by atoms with Crippen LogP contribution in [0.1, 0.15) is 27.2 Å². The van der Waals surface area contributed by atoms with Crippen LogP contribution in [-0.4, -0.2) is 54.6 Å². The van der Waals surface area contributed by atoms with Crippen LogP contribution in [0.25, 0.3) is 0 Å². The van der Waals surface area contributed by atoms with Gasteiger partial charge in [0.1, 0.15) is 0 Å². The maximum absolute atomic E-state index is 5.78. The first-order chi connectivity index (χ1) is 6.51. The zero-order valence-corrected chi connectivity index (χ0v) is 10.1. The third kappa shape index (κ3) is 2.47. The second-order valence-electron chi connectivity index (χ2n) is 5.00. The summed E-state index contributed by atoms with van der Waals surface area (Å²) in [6, 6.07) is 0.572. The van der Waals surface area contributed by atoms with Crippen molar-refractivity contribution in [3.05, 3.63) is 0 Å². The van der Waals surface area contributed by atoms with Crippen molar-refractivity contribution in [1.29, 1.82) is 0 Å². The lowest BCUT2D eigenvalue weighted by atomic mass is 9.98. The van der Waals surface area contributed by atoms with Crippen LogP contribution in [0.3, 0.4) is 0 Å². The summed E-state index contributed by atoms with van der Waals surface area (Å²) in [4.78, 5) is 4.98. The van der Waals surface area contributed by atoms with E-state index in [1.54, 1.807) is 0 Å². The number of rotatable bonds is 3. The minimum absolute atomic E-state index is 0.292. The van der Waals surface area contributed by atoms with Crippen LogP contribution in [0, 0.1) is 0 Å². The molecular weight excluding hydrogens is 174 g/mol. The molecule has 1 unspecified atom stereocenters. The predicted molar refractivity (Wildman–Crippen MR) is 61.4 cm³/mol. The molecule has 1 heterocycles. The average molecular weight is 199 g/mol. The fourth-order valence-corrected chi connectivity index (χ4v) is 2.16. The summed E-state index contributed by atoms with van der Waals surface area (Å²) in [6.07, 6.45) is 1.16. The Balaban J connectivity index is 2.58. The van der Waals surface area contributed by atoms with Crippen LogP contribution in [0.5, 0.6) is 0 Å². The molecule has 2 N–H and O–H groups in total. The molecule has 0 aromatic heterocycles. The molecule has 3 heteroatoms. The first-order valence-corrected chi connectivity index (χ1v) is 5.66. The maximum Gasteiger partial charge on any atom is 0.0277 e. The number of piperazine rings is 1. The summed E-state index contributed by atoms with van der Waals surface area (Å²) in [5.74, 6) is 0. The third-order valence-electron chi connectivity index (χ3n) is 3.61. The molecule has 0 bridgehead atoms. The van der Waals surface area contributed by atoms with E-state index in [4.69, 9.17) is 5.73 Å². The lowest BCUT2D eigenvalue weighted by Crippen LogP contribution is -2.60. The van der Waals surface area contributed by atoms with Gasteiger partial charge in [-0.25, -0.2) is 0 Å². The molecule has 1 aliphatic heterocycles. The van der Waals surface area contributed by atoms with Crippen LogP contribution < -0.4 is 5.73 Å². The molecule has 1 aliphatic rings. The van der Waals surface area contributed by atoms with Gasteiger partial charge in [-0.3, -0.25) is 9.80 Å². The molecule has 1 atom stereocenters. The Morgan fingerprint density at radius 2 is 2.00 bits per heavy atom. The van der Waals surface area contributed by atoms with Gasteiger partial charge in [-0.2, -0.15) is 0 Å². The summed E-state index contributed by atoms with van der Waals surface area (Å²) in [5, 5.41) is 0. The second kappa shape index (κ2) is 4.60. The van der Waals surface area contributed by atoms with E-state index in [-0.39, 0.29) is 0 Å². The smallest absolute Gasteiger partial charge is 0.0277 e. The number of hydrogen-bond acceptors (Lipinski definition) is 3. The first-order valence-electron chi connectivity index (χ1n) is 5.66. The average Bonchev–Trinajstić information content (AvgIpc) is 2.13. The monoisotopic (exact) mass is 199 g/mol. The highest BCUT2D eigenvalue weighted by atomic mass is 15.3. The van der Waals surface area contributed by atoms with Gasteiger partial charge in [-0.05, 0) is 27.3 Å². The quantitative estimate of drug-likeness (QED) is 0.728. The van der Waals surface area contributed by atoms with Crippen molar-refractivity contribution in [3.63, 3.8) is 0 Å². The Kier molecular flexibility index (Phi) is 3.93. The van der Waals surface area contributed by atoms with Gasteiger partial charge >= 0.3 is 0 Å². The molecule has 1 rings (SSSR count). The van der Waals surface area contributed by atoms with E-state index in [0.29, 0.717) is 11.6 Å². The Hall–Kier alpha value is -0.120. The van der Waals surface area contributed by atoms with E-state index in [1.165, 1.54) is 0 Å². The number of nitrogens with two attached hydrogens (primary N) is 1. The zero-order chi connectivity index (χ0) is 10.8. The van der Waals surface area contributed by atoms with Gasteiger partial charge in [-0.15, -0.1) is 0 Å². The zero-order valence-electron chi connectivity index (χ0n) is 10.1. The Labute approximate surface area is 88.2 Å². The SMILES string of the molecule is CCC(CN)N1CCN(C)C(C)(C)C1. The molecule has 14 heavy (non-hydrogen) atoms. The van der Waals surface area contributed by atoms with Crippen LogP contribution in [0.4, 0.5) is 0 Å². The normalized spacial score (nSPS) is 26.4. The minimum atomic E-state index is 0.292. The number of likely N-dealkylation sites (N-methyl/N-ethyl adjacent to an activating group) is 1. The highest BCUT2D eigenvalue weighted by Gasteiger charge is 2.33. The van der Waals surface area contributed by atoms with Gasteiger partial charge in [0, 0.05) is 37.8 Å². The van der Waals surface area contributed by atoms with E-state index >= 15 is 0 Å². The second-order valence-corrected chi connectivity index (χ2v) is 5.00. The summed E-state index contributed by atoms with van der Waals surface area (Å²) in [7, 11) is 2.21. The highest BCUT2D eigenvalue weighted by molar-refractivity contribution is 4.90. The lowest BCUT2D eigenvalue weighted by molar-refractivity contribution is 0.0177. The molecular formula is C11H25N3. The minimum Gasteiger partial charge on any atom is -0.329 e. The summed E-state index contributed by atoms with van der Waals surface area (Å²) in [6.45, 7) is 11.1. The van der Waals surface area contributed by atoms with Crippen molar-refractivity contribution in [3.8, 4) is 0 Å². The van der Waals surface area contributed by atoms with Crippen molar-refractivity contribution >= 4 is 0 Å². The first kappa shape index (κ1) is 12.0. The van der Waals surface area contributed by atoms with Crippen molar-refractivity contribution < 1.29 is 0 Å². The van der Waals surface area contributed by atoms with Gasteiger partial charge in [0.15, 0.2) is 0 Å². The molecule has 0 aromatic rings. The maximum atomic E-state index is 5.78. The van der Waals surface area contributed by atoms with E-state index in [9.17, 15) is 0 Å². The van der Waals surface area contributed by atoms with Crippen molar-refractivity contribution in [1.82, 2.24) is 9.80 Å². The molecule has 0 spiro atoms. The fourth-order valence-electron chi connectivity index (χ4n) is 2.16. The molecule has 3 nitrogen and oxygen atoms in total. The standard InChI is InChI=1S/C11H25N3/c1-5-10(8-12)14-7-6-13(4)11(2,3)9-14/h10H,5-9,12H2,1-4H3. The lowest BCUT2D eigenvalue weighted by Gasteiger charge is -2.47. The molecule has 0 amide bonds. The Bertz CT molecular complexity index is 175. The van der Waals surface area contributed by atoms with Crippen molar-refractivity contribution in [2.45, 2.75) is 38.8 Å².